The summed E-state index contributed by atoms with van der Waals surface area (Å²) in [7, 11) is 0. The van der Waals surface area contributed by atoms with Crippen LogP contribution >= 0.6 is 0 Å². The maximum absolute atomic E-state index is 5.65. The van der Waals surface area contributed by atoms with Gasteiger partial charge in [-0.05, 0) is 49.9 Å². The normalized spacial score (nSPS) is 18.4. The Hall–Kier alpha value is -1.81. The molecule has 23 heavy (non-hydrogen) atoms. The number of hydrogen-bond donors (Lipinski definition) is 0. The van der Waals surface area contributed by atoms with Crippen LogP contribution in [0.3, 0.4) is 0 Å². The van der Waals surface area contributed by atoms with E-state index in [1.165, 1.54) is 12.0 Å². The van der Waals surface area contributed by atoms with Crippen molar-refractivity contribution in [1.82, 2.24) is 10.1 Å². The third kappa shape index (κ3) is 3.94. The molecule has 0 aliphatic carbocycles. The molecule has 0 bridgehead atoms. The quantitative estimate of drug-likeness (QED) is 0.761. The van der Waals surface area contributed by atoms with Crippen LogP contribution in [-0.4, -0.2) is 23.2 Å². The minimum Gasteiger partial charge on any atom is -0.494 e. The second-order valence-corrected chi connectivity index (χ2v) is 6.20. The van der Waals surface area contributed by atoms with Crippen LogP contribution in [0.25, 0.3) is 0 Å². The smallest absolute Gasteiger partial charge is 0.154 e. The minimum atomic E-state index is 0.360. The average Bonchev–Trinajstić information content (AvgIpc) is 3.22. The fourth-order valence-corrected chi connectivity index (χ4v) is 3.13. The van der Waals surface area contributed by atoms with Gasteiger partial charge in [0, 0.05) is 12.6 Å². The van der Waals surface area contributed by atoms with Gasteiger partial charge in [-0.3, -0.25) is 4.90 Å². The van der Waals surface area contributed by atoms with Crippen molar-refractivity contribution in [1.29, 1.82) is 0 Å². The maximum atomic E-state index is 5.65. The van der Waals surface area contributed by atoms with E-state index >= 15 is 0 Å². The summed E-state index contributed by atoms with van der Waals surface area (Å²) in [6.07, 6.45) is 4.32. The average molecular weight is 314 g/mol. The lowest BCUT2D eigenvalue weighted by Gasteiger charge is -2.22. The van der Waals surface area contributed by atoms with Gasteiger partial charge in [0.05, 0.1) is 18.3 Å². The minimum absolute atomic E-state index is 0.360. The van der Waals surface area contributed by atoms with Gasteiger partial charge in [0.1, 0.15) is 5.75 Å². The monoisotopic (exact) mass is 314 g/mol. The van der Waals surface area contributed by atoms with Gasteiger partial charge in [-0.15, -0.1) is 0 Å². The summed E-state index contributed by atoms with van der Waals surface area (Å²) < 4.78 is 11.2. The van der Waals surface area contributed by atoms with Gasteiger partial charge >= 0.3 is 0 Å². The highest BCUT2D eigenvalue weighted by atomic mass is 16.5. The standard InChI is InChI=1S/C19H26N2O2/c1-3-12-22-17-9-7-15(8-10-17)14-21-11-5-6-18(21)19-13-16(4-2)20-23-19/h7-10,13,18H,3-6,11-12,14H2,1-2H3. The zero-order valence-electron chi connectivity index (χ0n) is 14.1. The molecule has 4 heteroatoms. The first-order valence-corrected chi connectivity index (χ1v) is 8.71. The van der Waals surface area contributed by atoms with Crippen molar-refractivity contribution >= 4 is 0 Å². The number of benzene rings is 1. The molecule has 1 unspecified atom stereocenters. The van der Waals surface area contributed by atoms with Gasteiger partial charge in [-0.1, -0.05) is 31.1 Å². The molecule has 0 amide bonds. The Morgan fingerprint density at radius 3 is 2.78 bits per heavy atom. The molecule has 1 aromatic heterocycles. The molecule has 0 saturated carbocycles. The summed E-state index contributed by atoms with van der Waals surface area (Å²) in [6, 6.07) is 10.9. The highest BCUT2D eigenvalue weighted by molar-refractivity contribution is 5.27. The highest BCUT2D eigenvalue weighted by Crippen LogP contribution is 2.33. The molecule has 1 aliphatic heterocycles. The van der Waals surface area contributed by atoms with Gasteiger partial charge in [0.15, 0.2) is 5.76 Å². The van der Waals surface area contributed by atoms with Gasteiger partial charge in [0.25, 0.3) is 0 Å². The second-order valence-electron chi connectivity index (χ2n) is 6.20. The van der Waals surface area contributed by atoms with E-state index in [1.807, 2.05) is 0 Å². The van der Waals surface area contributed by atoms with E-state index < -0.39 is 0 Å². The maximum Gasteiger partial charge on any atom is 0.154 e. The third-order valence-electron chi connectivity index (χ3n) is 4.41. The summed E-state index contributed by atoms with van der Waals surface area (Å²) in [6.45, 7) is 7.06. The van der Waals surface area contributed by atoms with E-state index in [0.29, 0.717) is 6.04 Å². The summed E-state index contributed by atoms with van der Waals surface area (Å²) >= 11 is 0. The van der Waals surface area contributed by atoms with Gasteiger partial charge < -0.3 is 9.26 Å². The SMILES string of the molecule is CCCOc1ccc(CN2CCCC2c2cc(CC)no2)cc1. The Labute approximate surface area is 138 Å². The predicted octanol–water partition coefficient (Wildman–Crippen LogP) is 4.36. The van der Waals surface area contributed by atoms with Gasteiger partial charge in [0.2, 0.25) is 0 Å². The first kappa shape index (κ1) is 16.1. The number of aromatic nitrogens is 1. The Morgan fingerprint density at radius 1 is 1.26 bits per heavy atom. The number of rotatable bonds is 7. The molecular formula is C19H26N2O2. The molecule has 2 heterocycles. The molecule has 2 aromatic rings. The Kier molecular flexibility index (Phi) is 5.34. The molecule has 1 atom stereocenters. The number of nitrogens with zero attached hydrogens (tertiary/aromatic N) is 2. The molecule has 1 saturated heterocycles. The van der Waals surface area contributed by atoms with Crippen LogP contribution in [0.4, 0.5) is 0 Å². The Bertz CT molecular complexity index is 606. The molecular weight excluding hydrogens is 288 g/mol. The summed E-state index contributed by atoms with van der Waals surface area (Å²) in [4.78, 5) is 2.49. The van der Waals surface area contributed by atoms with Crippen molar-refractivity contribution < 1.29 is 9.26 Å². The molecule has 1 aliphatic rings. The zero-order chi connectivity index (χ0) is 16.1. The third-order valence-corrected chi connectivity index (χ3v) is 4.41. The lowest BCUT2D eigenvalue weighted by Crippen LogP contribution is -2.22. The van der Waals surface area contributed by atoms with Gasteiger partial charge in [-0.2, -0.15) is 0 Å². The largest absolute Gasteiger partial charge is 0.494 e. The second kappa shape index (κ2) is 7.64. The van der Waals surface area contributed by atoms with Crippen LogP contribution in [0.1, 0.15) is 56.2 Å². The first-order valence-electron chi connectivity index (χ1n) is 8.71. The number of ether oxygens (including phenoxy) is 1. The van der Waals surface area contributed by atoms with E-state index in [-0.39, 0.29) is 0 Å². The molecule has 3 rings (SSSR count). The van der Waals surface area contributed by atoms with Crippen LogP contribution in [0, 0.1) is 0 Å². The van der Waals surface area contributed by atoms with E-state index in [0.717, 1.165) is 56.2 Å². The molecule has 0 N–H and O–H groups in total. The Balaban J connectivity index is 1.64. The molecule has 0 spiro atoms. The first-order chi connectivity index (χ1) is 11.3. The topological polar surface area (TPSA) is 38.5 Å². The lowest BCUT2D eigenvalue weighted by atomic mass is 10.1. The molecule has 1 fully saturated rings. The summed E-state index contributed by atoms with van der Waals surface area (Å²) in [5.41, 5.74) is 2.36. The van der Waals surface area contributed by atoms with Crippen LogP contribution in [-0.2, 0) is 13.0 Å². The lowest BCUT2D eigenvalue weighted by molar-refractivity contribution is 0.206. The zero-order valence-corrected chi connectivity index (χ0v) is 14.1. The van der Waals surface area contributed by atoms with Crippen molar-refractivity contribution in [3.05, 3.63) is 47.3 Å². The molecule has 4 nitrogen and oxygen atoms in total. The highest BCUT2D eigenvalue weighted by Gasteiger charge is 2.29. The fourth-order valence-electron chi connectivity index (χ4n) is 3.13. The van der Waals surface area contributed by atoms with Crippen molar-refractivity contribution in [3.8, 4) is 5.75 Å². The molecule has 124 valence electrons. The molecule has 0 radical (unpaired) electrons. The van der Waals surface area contributed by atoms with Crippen LogP contribution < -0.4 is 4.74 Å². The van der Waals surface area contributed by atoms with Crippen molar-refractivity contribution in [2.45, 2.75) is 52.1 Å². The number of aryl methyl sites for hydroxylation is 1. The van der Waals surface area contributed by atoms with Crippen LogP contribution in [0.2, 0.25) is 0 Å². The van der Waals surface area contributed by atoms with E-state index in [2.05, 4.69) is 54.2 Å². The molecule has 1 aromatic carbocycles. The van der Waals surface area contributed by atoms with E-state index in [4.69, 9.17) is 9.26 Å². The van der Waals surface area contributed by atoms with Gasteiger partial charge in [-0.25, -0.2) is 0 Å². The van der Waals surface area contributed by atoms with Crippen molar-refractivity contribution in [2.24, 2.45) is 0 Å². The Morgan fingerprint density at radius 2 is 2.09 bits per heavy atom. The fraction of sp³-hybridized carbons (Fsp3) is 0.526. The number of hydrogen-bond acceptors (Lipinski definition) is 4. The van der Waals surface area contributed by atoms with E-state index in [1.54, 1.807) is 0 Å². The van der Waals surface area contributed by atoms with Crippen LogP contribution in [0.15, 0.2) is 34.9 Å². The van der Waals surface area contributed by atoms with Crippen molar-refractivity contribution in [3.63, 3.8) is 0 Å². The summed E-state index contributed by atoms with van der Waals surface area (Å²) in [5, 5.41) is 4.14. The predicted molar refractivity (Wildman–Crippen MR) is 90.5 cm³/mol. The van der Waals surface area contributed by atoms with E-state index in [9.17, 15) is 0 Å². The van der Waals surface area contributed by atoms with Crippen LogP contribution in [0.5, 0.6) is 5.75 Å². The van der Waals surface area contributed by atoms with Crippen molar-refractivity contribution in [2.75, 3.05) is 13.2 Å². The number of likely N-dealkylation sites (tertiary alicyclic amines) is 1. The summed E-state index contributed by atoms with van der Waals surface area (Å²) in [5.74, 6) is 1.97.